The summed E-state index contributed by atoms with van der Waals surface area (Å²) in [7, 11) is 0. The summed E-state index contributed by atoms with van der Waals surface area (Å²) in [5.74, 6) is 1.21. The predicted molar refractivity (Wildman–Crippen MR) is 95.4 cm³/mol. The molecule has 0 aliphatic carbocycles. The number of anilines is 3. The third kappa shape index (κ3) is 3.58. The highest BCUT2D eigenvalue weighted by Gasteiger charge is 2.24. The number of rotatable bonds is 5. The molecule has 24 heavy (non-hydrogen) atoms. The molecule has 0 spiro atoms. The van der Waals surface area contributed by atoms with Gasteiger partial charge in [0.1, 0.15) is 17.8 Å². The Labute approximate surface area is 142 Å². The lowest BCUT2D eigenvalue weighted by molar-refractivity contribution is 0.447. The zero-order chi connectivity index (χ0) is 16.9. The van der Waals surface area contributed by atoms with Crippen LogP contribution in [0.2, 0.25) is 0 Å². The zero-order valence-corrected chi connectivity index (χ0v) is 14.0. The van der Waals surface area contributed by atoms with Crippen molar-refractivity contribution in [1.82, 2.24) is 9.97 Å². The largest absolute Gasteiger partial charge is 0.393 e. The molecule has 3 rings (SSSR count). The van der Waals surface area contributed by atoms with Crippen molar-refractivity contribution in [2.24, 2.45) is 0 Å². The third-order valence-electron chi connectivity index (χ3n) is 4.61. The summed E-state index contributed by atoms with van der Waals surface area (Å²) < 4.78 is 13.0. The minimum atomic E-state index is -0.238. The second-order valence-electron chi connectivity index (χ2n) is 6.19. The standard InChI is InChI=1S/C18H24FN5/c1-2-15-5-3-4-10-24(15)18-16(20)17(22-12-23-18)21-11-13-6-8-14(19)9-7-13/h6-9,12,15H,2-5,10-11,20H2,1H3,(H,21,22,23). The Balaban J connectivity index is 1.76. The maximum atomic E-state index is 13.0. The van der Waals surface area contributed by atoms with Crippen molar-refractivity contribution in [3.05, 3.63) is 42.0 Å². The Morgan fingerprint density at radius 3 is 2.79 bits per heavy atom. The number of aromatic nitrogens is 2. The van der Waals surface area contributed by atoms with Crippen LogP contribution in [0.5, 0.6) is 0 Å². The van der Waals surface area contributed by atoms with E-state index in [4.69, 9.17) is 5.73 Å². The molecule has 1 atom stereocenters. The van der Waals surface area contributed by atoms with Crippen molar-refractivity contribution in [3.8, 4) is 0 Å². The number of nitrogens with two attached hydrogens (primary N) is 1. The fraction of sp³-hybridized carbons (Fsp3) is 0.444. The molecule has 0 bridgehead atoms. The minimum absolute atomic E-state index is 0.238. The van der Waals surface area contributed by atoms with Gasteiger partial charge >= 0.3 is 0 Å². The number of nitrogens with zero attached hydrogens (tertiary/aromatic N) is 3. The molecule has 2 heterocycles. The molecule has 1 saturated heterocycles. The highest BCUT2D eigenvalue weighted by atomic mass is 19.1. The average Bonchev–Trinajstić information content (AvgIpc) is 2.62. The number of nitrogen functional groups attached to an aromatic ring is 1. The van der Waals surface area contributed by atoms with Crippen molar-refractivity contribution < 1.29 is 4.39 Å². The van der Waals surface area contributed by atoms with Crippen LogP contribution in [0.1, 0.15) is 38.2 Å². The molecule has 1 aromatic carbocycles. The Morgan fingerprint density at radius 1 is 1.25 bits per heavy atom. The van der Waals surface area contributed by atoms with Crippen LogP contribution in [-0.4, -0.2) is 22.6 Å². The topological polar surface area (TPSA) is 67.1 Å². The third-order valence-corrected chi connectivity index (χ3v) is 4.61. The quantitative estimate of drug-likeness (QED) is 0.877. The number of benzene rings is 1. The summed E-state index contributed by atoms with van der Waals surface area (Å²) in [5, 5.41) is 3.24. The number of hydrogen-bond donors (Lipinski definition) is 2. The van der Waals surface area contributed by atoms with Crippen LogP contribution in [0.15, 0.2) is 30.6 Å². The number of nitrogens with one attached hydrogen (secondary N) is 1. The average molecular weight is 329 g/mol. The fourth-order valence-corrected chi connectivity index (χ4v) is 3.25. The summed E-state index contributed by atoms with van der Waals surface area (Å²) in [6.07, 6.45) is 6.24. The SMILES string of the molecule is CCC1CCCCN1c1ncnc(NCc2ccc(F)cc2)c1N. The van der Waals surface area contributed by atoms with E-state index >= 15 is 0 Å². The Morgan fingerprint density at radius 2 is 2.04 bits per heavy atom. The van der Waals surface area contributed by atoms with Crippen molar-refractivity contribution in [2.45, 2.75) is 45.2 Å². The second-order valence-corrected chi connectivity index (χ2v) is 6.19. The molecule has 2 aromatic rings. The summed E-state index contributed by atoms with van der Waals surface area (Å²) in [4.78, 5) is 11.0. The molecule has 3 N–H and O–H groups in total. The molecular weight excluding hydrogens is 305 g/mol. The van der Waals surface area contributed by atoms with Gasteiger partial charge in [0, 0.05) is 19.1 Å². The van der Waals surface area contributed by atoms with Gasteiger partial charge in [0.25, 0.3) is 0 Å². The molecule has 0 amide bonds. The summed E-state index contributed by atoms with van der Waals surface area (Å²) in [5.41, 5.74) is 7.89. The molecule has 1 aliphatic rings. The maximum Gasteiger partial charge on any atom is 0.157 e. The Hall–Kier alpha value is -2.37. The van der Waals surface area contributed by atoms with E-state index in [1.807, 2.05) is 0 Å². The lowest BCUT2D eigenvalue weighted by atomic mass is 10.00. The fourth-order valence-electron chi connectivity index (χ4n) is 3.25. The van der Waals surface area contributed by atoms with E-state index in [1.54, 1.807) is 18.5 Å². The molecule has 0 radical (unpaired) electrons. The van der Waals surface area contributed by atoms with Gasteiger partial charge in [0.05, 0.1) is 0 Å². The van der Waals surface area contributed by atoms with Crippen LogP contribution in [0.25, 0.3) is 0 Å². The van der Waals surface area contributed by atoms with E-state index in [1.165, 1.54) is 25.0 Å². The molecule has 5 nitrogen and oxygen atoms in total. The van der Waals surface area contributed by atoms with Gasteiger partial charge in [-0.3, -0.25) is 0 Å². The van der Waals surface area contributed by atoms with Gasteiger partial charge in [-0.25, -0.2) is 14.4 Å². The maximum absolute atomic E-state index is 13.0. The van der Waals surface area contributed by atoms with Gasteiger partial charge in [-0.1, -0.05) is 19.1 Å². The summed E-state index contributed by atoms with van der Waals surface area (Å²) in [6.45, 7) is 3.73. The summed E-state index contributed by atoms with van der Waals surface area (Å²) in [6, 6.07) is 6.88. The first-order valence-electron chi connectivity index (χ1n) is 8.54. The molecule has 1 aromatic heterocycles. The first kappa shape index (κ1) is 16.5. The van der Waals surface area contributed by atoms with Crippen LogP contribution in [0.4, 0.5) is 21.7 Å². The van der Waals surface area contributed by atoms with E-state index in [-0.39, 0.29) is 5.82 Å². The molecule has 0 saturated carbocycles. The molecular formula is C18H24FN5. The van der Waals surface area contributed by atoms with Gasteiger partial charge in [-0.15, -0.1) is 0 Å². The van der Waals surface area contributed by atoms with Crippen LogP contribution in [-0.2, 0) is 6.54 Å². The summed E-state index contributed by atoms with van der Waals surface area (Å²) >= 11 is 0. The number of piperidine rings is 1. The zero-order valence-electron chi connectivity index (χ0n) is 14.0. The van der Waals surface area contributed by atoms with Gasteiger partial charge in [0.2, 0.25) is 0 Å². The number of hydrogen-bond acceptors (Lipinski definition) is 5. The normalized spacial score (nSPS) is 17.8. The van der Waals surface area contributed by atoms with Gasteiger partial charge in [-0.05, 0) is 43.4 Å². The predicted octanol–water partition coefficient (Wildman–Crippen LogP) is 3.58. The van der Waals surface area contributed by atoms with Gasteiger partial charge in [0.15, 0.2) is 11.6 Å². The van der Waals surface area contributed by atoms with E-state index < -0.39 is 0 Å². The van der Waals surface area contributed by atoms with E-state index in [0.717, 1.165) is 30.8 Å². The van der Waals surface area contributed by atoms with Crippen molar-refractivity contribution >= 4 is 17.3 Å². The monoisotopic (exact) mass is 329 g/mol. The minimum Gasteiger partial charge on any atom is -0.393 e. The molecule has 1 aliphatic heterocycles. The van der Waals surface area contributed by atoms with Crippen molar-refractivity contribution in [2.75, 3.05) is 22.5 Å². The van der Waals surface area contributed by atoms with Crippen LogP contribution in [0, 0.1) is 5.82 Å². The van der Waals surface area contributed by atoms with Crippen LogP contribution in [0.3, 0.4) is 0 Å². The molecule has 6 heteroatoms. The molecule has 1 unspecified atom stereocenters. The lowest BCUT2D eigenvalue weighted by Gasteiger charge is -2.36. The first-order valence-corrected chi connectivity index (χ1v) is 8.54. The van der Waals surface area contributed by atoms with Crippen LogP contribution < -0.4 is 16.0 Å². The Kier molecular flexibility index (Phi) is 5.13. The van der Waals surface area contributed by atoms with Crippen molar-refractivity contribution in [3.63, 3.8) is 0 Å². The van der Waals surface area contributed by atoms with Crippen molar-refractivity contribution in [1.29, 1.82) is 0 Å². The molecule has 1 fully saturated rings. The number of halogens is 1. The van der Waals surface area contributed by atoms with Crippen LogP contribution >= 0.6 is 0 Å². The van der Waals surface area contributed by atoms with E-state index in [2.05, 4.69) is 27.1 Å². The second kappa shape index (κ2) is 7.47. The smallest absolute Gasteiger partial charge is 0.157 e. The van der Waals surface area contributed by atoms with Gasteiger partial charge < -0.3 is 16.0 Å². The Bertz CT molecular complexity index is 674. The molecule has 128 valence electrons. The first-order chi connectivity index (χ1) is 11.7. The highest BCUT2D eigenvalue weighted by Crippen LogP contribution is 2.32. The van der Waals surface area contributed by atoms with E-state index in [0.29, 0.717) is 24.1 Å². The lowest BCUT2D eigenvalue weighted by Crippen LogP contribution is -2.40. The highest BCUT2D eigenvalue weighted by molar-refractivity contribution is 5.75. The van der Waals surface area contributed by atoms with Gasteiger partial charge in [-0.2, -0.15) is 0 Å². The van der Waals surface area contributed by atoms with E-state index in [9.17, 15) is 4.39 Å².